The number of hydrogen-bond acceptors (Lipinski definition) is 5. The van der Waals surface area contributed by atoms with Crippen LogP contribution in [0, 0.1) is 11.7 Å². The number of aromatic nitrogens is 1. The number of nitrogens with zero attached hydrogens (tertiary/aromatic N) is 2. The summed E-state index contributed by atoms with van der Waals surface area (Å²) in [6.45, 7) is 1.44. The molecule has 160 valence electrons. The minimum absolute atomic E-state index is 0.0615. The summed E-state index contributed by atoms with van der Waals surface area (Å²) >= 11 is 6.38. The molecule has 0 spiro atoms. The van der Waals surface area contributed by atoms with E-state index in [2.05, 4.69) is 4.90 Å². The van der Waals surface area contributed by atoms with Crippen LogP contribution in [0.4, 0.5) is 10.2 Å². The first-order chi connectivity index (χ1) is 15.0. The largest absolute Gasteiger partial charge is 0.469 e. The third-order valence-electron chi connectivity index (χ3n) is 5.33. The van der Waals surface area contributed by atoms with Crippen molar-refractivity contribution < 1.29 is 18.7 Å². The van der Waals surface area contributed by atoms with E-state index in [0.29, 0.717) is 16.5 Å². The van der Waals surface area contributed by atoms with Crippen molar-refractivity contribution in [1.82, 2.24) is 4.98 Å². The minimum atomic E-state index is -0.306. The topological polar surface area (TPSA) is 51.7 Å². The van der Waals surface area contributed by atoms with E-state index in [4.69, 9.17) is 26.1 Å². The van der Waals surface area contributed by atoms with Crippen LogP contribution in [-0.2, 0) is 9.53 Å². The van der Waals surface area contributed by atoms with E-state index in [0.717, 1.165) is 43.0 Å². The quantitative estimate of drug-likeness (QED) is 0.475. The highest BCUT2D eigenvalue weighted by atomic mass is 35.5. The molecule has 0 radical (unpaired) electrons. The van der Waals surface area contributed by atoms with Crippen LogP contribution in [0.15, 0.2) is 60.7 Å². The van der Waals surface area contributed by atoms with Gasteiger partial charge in [0.25, 0.3) is 0 Å². The number of pyridine rings is 1. The lowest BCUT2D eigenvalue weighted by Gasteiger charge is -2.31. The van der Waals surface area contributed by atoms with Gasteiger partial charge in [0.2, 0.25) is 0 Å². The standard InChI is InChI=1S/C24H22ClFN2O3/c1-30-24(29)17-10-12-28(13-11-17)23-15-18(25)14-22(27-23)16-2-6-20(7-3-16)31-21-8-4-19(26)5-9-21/h2-9,14-15,17H,10-13H2,1H3. The number of carbonyl (C=O) groups is 1. The third-order valence-corrected chi connectivity index (χ3v) is 5.55. The number of carbonyl (C=O) groups excluding carboxylic acids is 1. The highest BCUT2D eigenvalue weighted by Gasteiger charge is 2.26. The van der Waals surface area contributed by atoms with E-state index in [1.54, 1.807) is 12.1 Å². The molecule has 0 atom stereocenters. The molecule has 1 aliphatic heterocycles. The number of halogens is 2. The molecular weight excluding hydrogens is 419 g/mol. The zero-order chi connectivity index (χ0) is 21.8. The second-order valence-corrected chi connectivity index (χ2v) is 7.83. The first kappa shape index (κ1) is 21.1. The van der Waals surface area contributed by atoms with Crippen molar-refractivity contribution in [3.05, 3.63) is 71.5 Å². The van der Waals surface area contributed by atoms with E-state index < -0.39 is 0 Å². The van der Waals surface area contributed by atoms with Gasteiger partial charge < -0.3 is 14.4 Å². The molecule has 0 aliphatic carbocycles. The molecule has 1 aliphatic rings. The first-order valence-electron chi connectivity index (χ1n) is 10.1. The van der Waals surface area contributed by atoms with Crippen molar-refractivity contribution in [3.63, 3.8) is 0 Å². The van der Waals surface area contributed by atoms with Crippen molar-refractivity contribution in [3.8, 4) is 22.8 Å². The number of rotatable bonds is 5. The Bertz CT molecular complexity index is 1050. The van der Waals surface area contributed by atoms with Crippen LogP contribution < -0.4 is 9.64 Å². The van der Waals surface area contributed by atoms with Gasteiger partial charge in [-0.05, 0) is 73.5 Å². The van der Waals surface area contributed by atoms with E-state index in [1.165, 1.54) is 19.2 Å². The number of esters is 1. The van der Waals surface area contributed by atoms with Gasteiger partial charge in [0, 0.05) is 23.7 Å². The van der Waals surface area contributed by atoms with E-state index in [9.17, 15) is 9.18 Å². The summed E-state index contributed by atoms with van der Waals surface area (Å²) < 4.78 is 23.6. The van der Waals surface area contributed by atoms with Crippen molar-refractivity contribution in [1.29, 1.82) is 0 Å². The predicted octanol–water partition coefficient (Wildman–Crippen LogP) is 5.72. The summed E-state index contributed by atoms with van der Waals surface area (Å²) in [5, 5.41) is 0.599. The van der Waals surface area contributed by atoms with Gasteiger partial charge in [-0.15, -0.1) is 0 Å². The van der Waals surface area contributed by atoms with Gasteiger partial charge in [0.05, 0.1) is 18.7 Å². The molecule has 5 nitrogen and oxygen atoms in total. The molecule has 2 aromatic carbocycles. The van der Waals surface area contributed by atoms with Gasteiger partial charge in [-0.2, -0.15) is 0 Å². The number of anilines is 1. The Morgan fingerprint density at radius 3 is 2.26 bits per heavy atom. The molecule has 7 heteroatoms. The Morgan fingerprint density at radius 2 is 1.65 bits per heavy atom. The Kier molecular flexibility index (Phi) is 6.37. The molecule has 0 saturated carbocycles. The lowest BCUT2D eigenvalue weighted by atomic mass is 9.97. The van der Waals surface area contributed by atoms with Crippen molar-refractivity contribution in [2.75, 3.05) is 25.1 Å². The molecule has 4 rings (SSSR count). The lowest BCUT2D eigenvalue weighted by Crippen LogP contribution is -2.37. The van der Waals surface area contributed by atoms with Crippen LogP contribution in [-0.4, -0.2) is 31.2 Å². The van der Waals surface area contributed by atoms with E-state index in [-0.39, 0.29) is 17.7 Å². The number of methoxy groups -OCH3 is 1. The molecule has 1 aromatic heterocycles. The molecular formula is C24H22ClFN2O3. The highest BCUT2D eigenvalue weighted by molar-refractivity contribution is 6.31. The fourth-order valence-corrected chi connectivity index (χ4v) is 3.84. The summed E-state index contributed by atoms with van der Waals surface area (Å²) in [7, 11) is 1.43. The zero-order valence-electron chi connectivity index (χ0n) is 17.1. The fourth-order valence-electron chi connectivity index (χ4n) is 3.64. The third kappa shape index (κ3) is 5.14. The fraction of sp³-hybridized carbons (Fsp3) is 0.250. The minimum Gasteiger partial charge on any atom is -0.469 e. The van der Waals surface area contributed by atoms with Crippen LogP contribution in [0.1, 0.15) is 12.8 Å². The number of ether oxygens (including phenoxy) is 2. The smallest absolute Gasteiger partial charge is 0.308 e. The Morgan fingerprint density at radius 1 is 1.03 bits per heavy atom. The molecule has 31 heavy (non-hydrogen) atoms. The molecule has 0 N–H and O–H groups in total. The molecule has 0 bridgehead atoms. The van der Waals surface area contributed by atoms with Crippen LogP contribution in [0.2, 0.25) is 5.02 Å². The van der Waals surface area contributed by atoms with E-state index in [1.807, 2.05) is 36.4 Å². The van der Waals surface area contributed by atoms with Gasteiger partial charge in [0.1, 0.15) is 23.1 Å². The highest BCUT2D eigenvalue weighted by Crippen LogP contribution is 2.30. The average Bonchev–Trinajstić information content (AvgIpc) is 2.80. The number of piperidine rings is 1. The monoisotopic (exact) mass is 440 g/mol. The molecule has 3 aromatic rings. The van der Waals surface area contributed by atoms with E-state index >= 15 is 0 Å². The Balaban J connectivity index is 1.48. The van der Waals surface area contributed by atoms with Crippen LogP contribution in [0.25, 0.3) is 11.3 Å². The number of hydrogen-bond donors (Lipinski definition) is 0. The maximum Gasteiger partial charge on any atom is 0.308 e. The van der Waals surface area contributed by atoms with Crippen molar-refractivity contribution >= 4 is 23.4 Å². The van der Waals surface area contributed by atoms with Crippen LogP contribution in [0.5, 0.6) is 11.5 Å². The van der Waals surface area contributed by atoms with Crippen LogP contribution >= 0.6 is 11.6 Å². The Hall–Kier alpha value is -3.12. The normalized spacial score (nSPS) is 14.4. The van der Waals surface area contributed by atoms with Crippen LogP contribution in [0.3, 0.4) is 0 Å². The van der Waals surface area contributed by atoms with Gasteiger partial charge in [-0.3, -0.25) is 4.79 Å². The SMILES string of the molecule is COC(=O)C1CCN(c2cc(Cl)cc(-c3ccc(Oc4ccc(F)cc4)cc3)n2)CC1. The van der Waals surface area contributed by atoms with Gasteiger partial charge in [-0.25, -0.2) is 9.37 Å². The van der Waals surface area contributed by atoms with Gasteiger partial charge in [0.15, 0.2) is 0 Å². The maximum atomic E-state index is 13.0. The number of benzene rings is 2. The van der Waals surface area contributed by atoms with Crippen molar-refractivity contribution in [2.45, 2.75) is 12.8 Å². The first-order valence-corrected chi connectivity index (χ1v) is 10.4. The van der Waals surface area contributed by atoms with Gasteiger partial charge >= 0.3 is 5.97 Å². The zero-order valence-corrected chi connectivity index (χ0v) is 17.8. The molecule has 0 amide bonds. The summed E-state index contributed by atoms with van der Waals surface area (Å²) in [5.41, 5.74) is 1.66. The molecule has 0 unspecified atom stereocenters. The maximum absolute atomic E-state index is 13.0. The second-order valence-electron chi connectivity index (χ2n) is 7.39. The predicted molar refractivity (Wildman–Crippen MR) is 118 cm³/mol. The average molecular weight is 441 g/mol. The molecule has 2 heterocycles. The Labute approximate surface area is 185 Å². The molecule has 1 fully saturated rings. The second kappa shape index (κ2) is 9.35. The lowest BCUT2D eigenvalue weighted by molar-refractivity contribution is -0.146. The van der Waals surface area contributed by atoms with Gasteiger partial charge in [-0.1, -0.05) is 11.6 Å². The molecule has 1 saturated heterocycles. The summed E-state index contributed by atoms with van der Waals surface area (Å²) in [6.07, 6.45) is 1.46. The summed E-state index contributed by atoms with van der Waals surface area (Å²) in [4.78, 5) is 18.7. The van der Waals surface area contributed by atoms with Crippen molar-refractivity contribution in [2.24, 2.45) is 5.92 Å². The summed E-state index contributed by atoms with van der Waals surface area (Å²) in [6, 6.07) is 17.0. The summed E-state index contributed by atoms with van der Waals surface area (Å²) in [5.74, 6) is 1.48.